The van der Waals surface area contributed by atoms with Crippen molar-refractivity contribution in [3.8, 4) is 11.5 Å². The Hall–Kier alpha value is -0.930. The standard InChI is InChI=1S/C15H14Cl3NO/c1-9(19)5-10-3-2-4-14(18)15(10)20-13-7-11(16)6-12(17)8-13/h2-4,6-9H,5,19H2,1H3. The summed E-state index contributed by atoms with van der Waals surface area (Å²) in [4.78, 5) is 0. The number of rotatable bonds is 4. The van der Waals surface area contributed by atoms with Gasteiger partial charge in [-0.25, -0.2) is 0 Å². The maximum absolute atomic E-state index is 6.21. The van der Waals surface area contributed by atoms with Crippen LogP contribution in [0.3, 0.4) is 0 Å². The van der Waals surface area contributed by atoms with Gasteiger partial charge in [-0.05, 0) is 43.2 Å². The van der Waals surface area contributed by atoms with Crippen LogP contribution < -0.4 is 10.5 Å². The van der Waals surface area contributed by atoms with Crippen LogP contribution in [-0.4, -0.2) is 6.04 Å². The molecule has 0 bridgehead atoms. The van der Waals surface area contributed by atoms with Crippen molar-refractivity contribution in [3.05, 3.63) is 57.0 Å². The van der Waals surface area contributed by atoms with Gasteiger partial charge in [0.1, 0.15) is 11.5 Å². The van der Waals surface area contributed by atoms with E-state index in [1.807, 2.05) is 19.1 Å². The van der Waals surface area contributed by atoms with Gasteiger partial charge in [0.15, 0.2) is 0 Å². The van der Waals surface area contributed by atoms with Gasteiger partial charge in [-0.2, -0.15) is 0 Å². The van der Waals surface area contributed by atoms with Gasteiger partial charge in [0.25, 0.3) is 0 Å². The van der Waals surface area contributed by atoms with Crippen molar-refractivity contribution in [3.63, 3.8) is 0 Å². The monoisotopic (exact) mass is 329 g/mol. The van der Waals surface area contributed by atoms with E-state index in [0.717, 1.165) is 5.56 Å². The fraction of sp³-hybridized carbons (Fsp3) is 0.200. The lowest BCUT2D eigenvalue weighted by Gasteiger charge is -2.14. The summed E-state index contributed by atoms with van der Waals surface area (Å²) < 4.78 is 5.85. The average molecular weight is 331 g/mol. The molecule has 0 spiro atoms. The minimum absolute atomic E-state index is 0.0127. The first-order valence-electron chi connectivity index (χ1n) is 6.12. The van der Waals surface area contributed by atoms with E-state index in [4.69, 9.17) is 45.3 Å². The van der Waals surface area contributed by atoms with E-state index in [0.29, 0.717) is 33.0 Å². The zero-order chi connectivity index (χ0) is 14.7. The van der Waals surface area contributed by atoms with Crippen molar-refractivity contribution in [2.24, 2.45) is 5.73 Å². The van der Waals surface area contributed by atoms with Crippen LogP contribution in [0.25, 0.3) is 0 Å². The number of halogens is 3. The second kappa shape index (κ2) is 6.68. The number of hydrogen-bond acceptors (Lipinski definition) is 2. The molecule has 5 heteroatoms. The van der Waals surface area contributed by atoms with Crippen molar-refractivity contribution in [1.29, 1.82) is 0 Å². The molecule has 2 nitrogen and oxygen atoms in total. The number of nitrogens with two attached hydrogens (primary N) is 1. The molecule has 0 saturated carbocycles. The highest BCUT2D eigenvalue weighted by Crippen LogP contribution is 2.35. The Balaban J connectivity index is 2.36. The smallest absolute Gasteiger partial charge is 0.149 e. The average Bonchev–Trinajstić information content (AvgIpc) is 2.31. The van der Waals surface area contributed by atoms with Gasteiger partial charge >= 0.3 is 0 Å². The molecule has 0 aliphatic carbocycles. The third kappa shape index (κ3) is 4.03. The maximum Gasteiger partial charge on any atom is 0.149 e. The Morgan fingerprint density at radius 3 is 2.35 bits per heavy atom. The summed E-state index contributed by atoms with van der Waals surface area (Å²) in [5.41, 5.74) is 6.79. The second-order valence-corrected chi connectivity index (χ2v) is 5.90. The Bertz CT molecular complexity index is 594. The third-order valence-corrected chi connectivity index (χ3v) is 3.38. The Morgan fingerprint density at radius 2 is 1.75 bits per heavy atom. The molecule has 2 rings (SSSR count). The molecule has 0 aliphatic rings. The van der Waals surface area contributed by atoms with E-state index in [1.165, 1.54) is 0 Å². The van der Waals surface area contributed by atoms with Gasteiger partial charge in [-0.1, -0.05) is 46.9 Å². The van der Waals surface area contributed by atoms with Crippen molar-refractivity contribution in [2.75, 3.05) is 0 Å². The zero-order valence-electron chi connectivity index (χ0n) is 10.9. The first-order chi connectivity index (χ1) is 9.45. The van der Waals surface area contributed by atoms with Gasteiger partial charge in [0, 0.05) is 16.1 Å². The molecule has 0 fully saturated rings. The molecular weight excluding hydrogens is 317 g/mol. The first-order valence-corrected chi connectivity index (χ1v) is 7.26. The van der Waals surface area contributed by atoms with Crippen LogP contribution in [0.4, 0.5) is 0 Å². The van der Waals surface area contributed by atoms with E-state index >= 15 is 0 Å². The van der Waals surface area contributed by atoms with Crippen LogP contribution in [0, 0.1) is 0 Å². The molecule has 0 radical (unpaired) electrons. The number of benzene rings is 2. The van der Waals surface area contributed by atoms with E-state index in [2.05, 4.69) is 0 Å². The quantitative estimate of drug-likeness (QED) is 0.822. The van der Waals surface area contributed by atoms with Crippen molar-refractivity contribution < 1.29 is 4.74 Å². The number of hydrogen-bond donors (Lipinski definition) is 1. The summed E-state index contributed by atoms with van der Waals surface area (Å²) >= 11 is 18.1. The topological polar surface area (TPSA) is 35.2 Å². The normalized spacial score (nSPS) is 12.2. The second-order valence-electron chi connectivity index (χ2n) is 4.62. The minimum atomic E-state index is 0.0127. The number of para-hydroxylation sites is 1. The van der Waals surface area contributed by atoms with Crippen LogP contribution in [0.2, 0.25) is 15.1 Å². The van der Waals surface area contributed by atoms with E-state index in [1.54, 1.807) is 24.3 Å². The van der Waals surface area contributed by atoms with Gasteiger partial charge in [0.2, 0.25) is 0 Å². The van der Waals surface area contributed by atoms with Gasteiger partial charge in [0.05, 0.1) is 5.02 Å². The Kier molecular flexibility index (Phi) is 5.17. The minimum Gasteiger partial charge on any atom is -0.455 e. The predicted octanol–water partition coefficient (Wildman–Crippen LogP) is 5.33. The summed E-state index contributed by atoms with van der Waals surface area (Å²) in [6.45, 7) is 1.93. The zero-order valence-corrected chi connectivity index (χ0v) is 13.1. The lowest BCUT2D eigenvalue weighted by Crippen LogP contribution is -2.18. The lowest BCUT2D eigenvalue weighted by atomic mass is 10.1. The highest BCUT2D eigenvalue weighted by Gasteiger charge is 2.12. The summed E-state index contributed by atoms with van der Waals surface area (Å²) in [6.07, 6.45) is 0.671. The highest BCUT2D eigenvalue weighted by molar-refractivity contribution is 6.34. The molecular formula is C15H14Cl3NO. The molecule has 0 saturated heterocycles. The van der Waals surface area contributed by atoms with E-state index < -0.39 is 0 Å². The molecule has 0 heterocycles. The van der Waals surface area contributed by atoms with Crippen LogP contribution >= 0.6 is 34.8 Å². The molecule has 20 heavy (non-hydrogen) atoms. The highest BCUT2D eigenvalue weighted by atomic mass is 35.5. The van der Waals surface area contributed by atoms with E-state index in [9.17, 15) is 0 Å². The largest absolute Gasteiger partial charge is 0.455 e. The predicted molar refractivity (Wildman–Crippen MR) is 85.3 cm³/mol. The van der Waals surface area contributed by atoms with Crippen LogP contribution in [0.1, 0.15) is 12.5 Å². The SMILES string of the molecule is CC(N)Cc1cccc(Cl)c1Oc1cc(Cl)cc(Cl)c1. The molecule has 0 aliphatic heterocycles. The fourth-order valence-corrected chi connectivity index (χ4v) is 2.62. The Labute approximate surface area is 133 Å². The molecule has 0 aromatic heterocycles. The van der Waals surface area contributed by atoms with Crippen LogP contribution in [-0.2, 0) is 6.42 Å². The molecule has 1 unspecified atom stereocenters. The number of ether oxygens (including phenoxy) is 1. The molecule has 0 amide bonds. The molecule has 2 aromatic rings. The fourth-order valence-electron chi connectivity index (χ4n) is 1.88. The summed E-state index contributed by atoms with van der Waals surface area (Å²) in [6, 6.07) is 10.6. The van der Waals surface area contributed by atoms with E-state index in [-0.39, 0.29) is 6.04 Å². The van der Waals surface area contributed by atoms with Gasteiger partial charge in [-0.15, -0.1) is 0 Å². The molecule has 1 atom stereocenters. The van der Waals surface area contributed by atoms with Gasteiger partial charge in [-0.3, -0.25) is 0 Å². The lowest BCUT2D eigenvalue weighted by molar-refractivity contribution is 0.474. The Morgan fingerprint density at radius 1 is 1.10 bits per heavy atom. The van der Waals surface area contributed by atoms with Crippen LogP contribution in [0.15, 0.2) is 36.4 Å². The van der Waals surface area contributed by atoms with Crippen molar-refractivity contribution in [2.45, 2.75) is 19.4 Å². The van der Waals surface area contributed by atoms with Gasteiger partial charge < -0.3 is 10.5 Å². The first kappa shape index (κ1) is 15.5. The molecule has 106 valence electrons. The third-order valence-electron chi connectivity index (χ3n) is 2.65. The molecule has 2 aromatic carbocycles. The summed E-state index contributed by atoms with van der Waals surface area (Å²) in [7, 11) is 0. The van der Waals surface area contributed by atoms with Crippen molar-refractivity contribution in [1.82, 2.24) is 0 Å². The maximum atomic E-state index is 6.21. The summed E-state index contributed by atoms with van der Waals surface area (Å²) in [5.74, 6) is 1.13. The van der Waals surface area contributed by atoms with Crippen LogP contribution in [0.5, 0.6) is 11.5 Å². The summed E-state index contributed by atoms with van der Waals surface area (Å²) in [5, 5.41) is 1.54. The molecule has 2 N–H and O–H groups in total. The van der Waals surface area contributed by atoms with Crippen molar-refractivity contribution >= 4 is 34.8 Å².